The molecule has 8 heterocycles. The SMILES string of the molecule is Cc1cc(OC(C)C)c(Nc2ncc(C)c(Nc3ccccc3S(=O)(=O)C(C)C)n2)cc1-c1ccc(N2CCN(C)CC2)nc1.Cc1cc(OC(C)C)c(Nc2ncc(C)c(Nc3ccccc3S(=O)(=O)C(C)C)n2)cc1-c1ccc(OCCCN(C)C)nc1.Cc1cc(OC(C)C)c(Nc2ncc(C)c(Nc3ccccc3S(=O)(=O)C(C)C)n2)cc1-c1cnn(CCN2CCOCC2)c1. The number of sulfone groups is 3. The average Bonchev–Trinajstić information content (AvgIpc) is 1.06. The van der Waals surface area contributed by atoms with Gasteiger partial charge in [0.15, 0.2) is 29.5 Å². The fourth-order valence-corrected chi connectivity index (χ4v) is 18.4. The molecule has 0 saturated carbocycles. The average molecular weight is 1900 g/mol. The molecule has 34 heteroatoms. The summed E-state index contributed by atoms with van der Waals surface area (Å²) in [5, 5.41) is 22.7. The Morgan fingerprint density at radius 1 is 0.407 bits per heavy atom. The first-order chi connectivity index (χ1) is 64.3. The van der Waals surface area contributed by atoms with Gasteiger partial charge in [-0.15, -0.1) is 0 Å². The number of hydrogen-bond acceptors (Lipinski definition) is 30. The van der Waals surface area contributed by atoms with Crippen molar-refractivity contribution < 1.29 is 48.9 Å². The third kappa shape index (κ3) is 26.8. The molecular formula is C101H130N20O11S3. The van der Waals surface area contributed by atoms with Crippen molar-refractivity contribution in [2.75, 3.05) is 130 Å². The van der Waals surface area contributed by atoms with Crippen LogP contribution in [0.3, 0.4) is 0 Å². The predicted molar refractivity (Wildman–Crippen MR) is 540 cm³/mol. The molecule has 6 aromatic carbocycles. The van der Waals surface area contributed by atoms with Crippen LogP contribution in [0.15, 0.2) is 192 Å². The standard InChI is InChI=1S/C34H43N7O3S.C34H44N6O4S.C33H43N7O4S/c1-22(2)44-30-18-24(5)27(26-12-13-32(35-21-26)41-16-14-40(7)15-17-41)19-29(30)38-34-36-20-25(6)33(39-34)37-28-10-8-9-11-31(28)45(42,43)23(3)4;1-22(2)44-30-18-24(5)27(26-14-15-32(35-21-26)43-17-11-16-40(7)8)19-29(30)38-34-36-20-25(6)33(39-34)37-28-12-9-10-13-31(28)45(41,42)23(3)4;1-22(2)44-30-17-24(5)27(26-20-35-40(21-26)12-11-39-13-15-43-16-14-39)18-29(30)37-33-34-19-25(6)32(38-33)36-28-9-7-8-10-31(28)45(41,42)23(3)4/h8-13,18-23H,14-17H2,1-7H3,(H2,36,37,38,39);9-10,12-15,18-23H,11,16-17H2,1-8H3,(H2,36,37,38,39);7-10,17-23H,11-16H2,1-6H3,(H2,34,36,37,38). The lowest BCUT2D eigenvalue weighted by molar-refractivity contribution is 0.0360. The molecule has 0 spiro atoms. The molecule has 0 bridgehead atoms. The Kier molecular flexibility index (Phi) is 34.4. The van der Waals surface area contributed by atoms with Crippen LogP contribution in [-0.2, 0) is 40.8 Å². The van der Waals surface area contributed by atoms with Gasteiger partial charge in [-0.1, -0.05) is 36.4 Å². The van der Waals surface area contributed by atoms with Gasteiger partial charge in [-0.05, 0) is 277 Å². The Hall–Kier alpha value is -12.4. The number of piperazine rings is 1. The molecule has 31 nitrogen and oxygen atoms in total. The second-order valence-corrected chi connectivity index (χ2v) is 43.1. The Balaban J connectivity index is 0.000000182. The molecule has 12 aromatic rings. The third-order valence-electron chi connectivity index (χ3n) is 22.6. The summed E-state index contributed by atoms with van der Waals surface area (Å²) >= 11 is 0. The predicted octanol–water partition coefficient (Wildman–Crippen LogP) is 19.1. The van der Waals surface area contributed by atoms with Crippen molar-refractivity contribution in [3.8, 4) is 56.5 Å². The first-order valence-electron chi connectivity index (χ1n) is 45.8. The van der Waals surface area contributed by atoms with Crippen LogP contribution in [0.25, 0.3) is 33.4 Å². The number of benzene rings is 6. The molecule has 6 aromatic heterocycles. The van der Waals surface area contributed by atoms with Gasteiger partial charge in [-0.2, -0.15) is 20.1 Å². The van der Waals surface area contributed by atoms with Crippen LogP contribution in [0.2, 0.25) is 0 Å². The molecule has 0 unspecified atom stereocenters. The smallest absolute Gasteiger partial charge is 0.229 e. The summed E-state index contributed by atoms with van der Waals surface area (Å²) in [6.45, 7) is 44.4. The van der Waals surface area contributed by atoms with E-state index in [1.54, 1.807) is 133 Å². The maximum Gasteiger partial charge on any atom is 0.229 e. The van der Waals surface area contributed by atoms with Crippen molar-refractivity contribution in [1.29, 1.82) is 0 Å². The molecule has 0 amide bonds. The van der Waals surface area contributed by atoms with E-state index in [1.165, 1.54) is 0 Å². The molecule has 6 N–H and O–H groups in total. The number of anilines is 13. The zero-order valence-electron chi connectivity index (χ0n) is 81.4. The molecule has 718 valence electrons. The molecule has 135 heavy (non-hydrogen) atoms. The van der Waals surface area contributed by atoms with Gasteiger partial charge in [-0.25, -0.2) is 50.2 Å². The van der Waals surface area contributed by atoms with Crippen molar-refractivity contribution in [1.82, 2.24) is 64.4 Å². The third-order valence-corrected chi connectivity index (χ3v) is 29.2. The number of likely N-dealkylation sites (N-methyl/N-ethyl adjacent to an activating group) is 1. The van der Waals surface area contributed by atoms with Crippen LogP contribution in [-0.4, -0.2) is 217 Å². The maximum atomic E-state index is 13.0. The summed E-state index contributed by atoms with van der Waals surface area (Å²) in [6.07, 6.45) is 13.6. The Morgan fingerprint density at radius 3 is 1.16 bits per heavy atom. The first-order valence-corrected chi connectivity index (χ1v) is 50.4. The minimum Gasteiger partial charge on any atom is -0.489 e. The highest BCUT2D eigenvalue weighted by molar-refractivity contribution is 7.92. The van der Waals surface area contributed by atoms with Gasteiger partial charge in [-0.3, -0.25) is 9.58 Å². The Bertz CT molecular complexity index is 6410. The number of rotatable bonds is 36. The Morgan fingerprint density at radius 2 is 0.793 bits per heavy atom. The quantitative estimate of drug-likeness (QED) is 0.0199. The van der Waals surface area contributed by atoms with Gasteiger partial charge in [0, 0.05) is 129 Å². The number of pyridine rings is 2. The second-order valence-electron chi connectivity index (χ2n) is 35.7. The highest BCUT2D eigenvalue weighted by atomic mass is 32.2. The molecule has 14 rings (SSSR count). The van der Waals surface area contributed by atoms with Crippen LogP contribution < -0.4 is 55.7 Å². The number of aryl methyl sites for hydroxylation is 6. The van der Waals surface area contributed by atoms with Crippen LogP contribution in [0.5, 0.6) is 23.1 Å². The highest BCUT2D eigenvalue weighted by Crippen LogP contribution is 2.42. The van der Waals surface area contributed by atoms with E-state index in [1.807, 2.05) is 155 Å². The van der Waals surface area contributed by atoms with Gasteiger partial charge in [0.2, 0.25) is 23.7 Å². The van der Waals surface area contributed by atoms with E-state index in [0.29, 0.717) is 99.2 Å². The molecule has 2 aliphatic rings. The van der Waals surface area contributed by atoms with E-state index in [2.05, 4.69) is 116 Å². The van der Waals surface area contributed by atoms with E-state index < -0.39 is 45.3 Å². The van der Waals surface area contributed by atoms with Crippen molar-refractivity contribution in [3.05, 3.63) is 210 Å². The fraction of sp³-hybridized carbons (Fsp3) is 0.396. The summed E-state index contributed by atoms with van der Waals surface area (Å²) in [5.74, 6) is 6.10. The van der Waals surface area contributed by atoms with Gasteiger partial charge in [0.05, 0.1) is 115 Å². The fourth-order valence-electron chi connectivity index (χ4n) is 14.8. The van der Waals surface area contributed by atoms with Crippen molar-refractivity contribution in [2.45, 2.75) is 186 Å². The molecular weight excluding hydrogens is 1770 g/mol. The number of para-hydroxylation sites is 3. The molecule has 0 aliphatic carbocycles. The summed E-state index contributed by atoms with van der Waals surface area (Å²) in [6, 6.07) is 40.8. The van der Waals surface area contributed by atoms with Gasteiger partial charge < -0.3 is 70.3 Å². The monoisotopic (exact) mass is 1890 g/mol. The van der Waals surface area contributed by atoms with E-state index in [-0.39, 0.29) is 33.0 Å². The number of morpholine rings is 1. The van der Waals surface area contributed by atoms with Crippen molar-refractivity contribution in [3.63, 3.8) is 0 Å². The van der Waals surface area contributed by atoms with E-state index in [4.69, 9.17) is 43.6 Å². The number of nitrogens with zero attached hydrogens (tertiary/aromatic N) is 14. The van der Waals surface area contributed by atoms with Crippen molar-refractivity contribution in [2.24, 2.45) is 0 Å². The van der Waals surface area contributed by atoms with E-state index in [0.717, 1.165) is 151 Å². The zero-order valence-corrected chi connectivity index (χ0v) is 83.8. The van der Waals surface area contributed by atoms with Crippen LogP contribution in [0, 0.1) is 41.5 Å². The van der Waals surface area contributed by atoms with Crippen LogP contribution in [0.4, 0.5) is 75.2 Å². The molecule has 2 aliphatic heterocycles. The Labute approximate surface area is 796 Å². The van der Waals surface area contributed by atoms with Gasteiger partial charge in [0.25, 0.3) is 0 Å². The number of aromatic nitrogens is 10. The largest absolute Gasteiger partial charge is 0.489 e. The van der Waals surface area contributed by atoms with Crippen molar-refractivity contribution >= 4 is 105 Å². The summed E-state index contributed by atoms with van der Waals surface area (Å²) in [5.41, 5.74) is 14.9. The van der Waals surface area contributed by atoms with Crippen LogP contribution in [0.1, 0.15) is 123 Å². The van der Waals surface area contributed by atoms with E-state index >= 15 is 0 Å². The molecule has 2 fully saturated rings. The topological polar surface area (TPSA) is 355 Å². The van der Waals surface area contributed by atoms with Crippen LogP contribution >= 0.6 is 0 Å². The molecule has 0 atom stereocenters. The first kappa shape index (κ1) is 102. The minimum atomic E-state index is -3.52. The summed E-state index contributed by atoms with van der Waals surface area (Å²) in [7, 11) is -4.31. The van der Waals surface area contributed by atoms with Gasteiger partial charge >= 0.3 is 0 Å². The lowest BCUT2D eigenvalue weighted by atomic mass is 10.0. The summed E-state index contributed by atoms with van der Waals surface area (Å²) < 4.78 is 110. The minimum absolute atomic E-state index is 0.0455. The maximum absolute atomic E-state index is 13.0. The summed E-state index contributed by atoms with van der Waals surface area (Å²) in [4.78, 5) is 47.0. The number of nitrogens with one attached hydrogen (secondary N) is 6. The van der Waals surface area contributed by atoms with Gasteiger partial charge in [0.1, 0.15) is 40.5 Å². The molecule has 0 radical (unpaired) electrons. The number of hydrogen-bond donors (Lipinski definition) is 6. The zero-order chi connectivity index (χ0) is 97.2. The molecule has 2 saturated heterocycles. The van der Waals surface area contributed by atoms with E-state index in [9.17, 15) is 25.3 Å². The highest BCUT2D eigenvalue weighted by Gasteiger charge is 2.29. The lowest BCUT2D eigenvalue weighted by Gasteiger charge is -2.33. The lowest BCUT2D eigenvalue weighted by Crippen LogP contribution is -2.44. The normalized spacial score (nSPS) is 13.4. The second kappa shape index (κ2) is 45.7. The number of ether oxygens (including phenoxy) is 5.